The van der Waals surface area contributed by atoms with E-state index in [0.29, 0.717) is 25.0 Å². The number of nitriles is 1. The van der Waals surface area contributed by atoms with Crippen LogP contribution in [0.4, 0.5) is 26.3 Å². The van der Waals surface area contributed by atoms with Crippen LogP contribution in [0.3, 0.4) is 0 Å². The third-order valence-electron chi connectivity index (χ3n) is 3.72. The molecule has 1 aromatic rings. The minimum absolute atomic E-state index is 0.0389. The highest BCUT2D eigenvalue weighted by Gasteiger charge is 2.37. The summed E-state index contributed by atoms with van der Waals surface area (Å²) in [6, 6.07) is 1.60. The lowest BCUT2D eigenvalue weighted by molar-refractivity contribution is -0.143. The van der Waals surface area contributed by atoms with Crippen LogP contribution in [-0.4, -0.2) is 17.9 Å². The van der Waals surface area contributed by atoms with Gasteiger partial charge in [-0.25, -0.2) is 0 Å². The highest BCUT2D eigenvalue weighted by atomic mass is 19.4. The van der Waals surface area contributed by atoms with Crippen molar-refractivity contribution < 1.29 is 35.9 Å². The van der Waals surface area contributed by atoms with E-state index in [1.54, 1.807) is 0 Å². The molecule has 0 aliphatic rings. The van der Waals surface area contributed by atoms with Crippen LogP contribution < -0.4 is 11.1 Å². The Morgan fingerprint density at radius 2 is 1.57 bits per heavy atom. The number of nitrogens with zero attached hydrogens (tertiary/aromatic N) is 1. The van der Waals surface area contributed by atoms with Gasteiger partial charge in [-0.05, 0) is 43.0 Å². The Bertz CT molecular complexity index is 720. The van der Waals surface area contributed by atoms with Crippen LogP contribution in [0, 0.1) is 11.3 Å². The number of primary amides is 1. The summed E-state index contributed by atoms with van der Waals surface area (Å²) in [6.07, 6.45) is -9.70. The SMILES string of the molecule is N#CCCCC[C@@H](NC(=O)Cc1cc(C(F)(F)F)cc(C(F)(F)F)c1)C(N)=O. The highest BCUT2D eigenvalue weighted by molar-refractivity contribution is 5.87. The van der Waals surface area contributed by atoms with Gasteiger partial charge >= 0.3 is 12.4 Å². The number of nitrogens with one attached hydrogen (secondary N) is 1. The van der Waals surface area contributed by atoms with E-state index in [2.05, 4.69) is 5.32 Å². The van der Waals surface area contributed by atoms with Crippen LogP contribution in [0.5, 0.6) is 0 Å². The first-order valence-electron chi connectivity index (χ1n) is 8.08. The van der Waals surface area contributed by atoms with Crippen molar-refractivity contribution in [3.63, 3.8) is 0 Å². The van der Waals surface area contributed by atoms with Crippen LogP contribution >= 0.6 is 0 Å². The second kappa shape index (κ2) is 9.43. The molecule has 0 radical (unpaired) electrons. The van der Waals surface area contributed by atoms with Gasteiger partial charge in [0.2, 0.25) is 11.8 Å². The minimum atomic E-state index is -5.02. The second-order valence-corrected chi connectivity index (χ2v) is 6.02. The Balaban J connectivity index is 2.94. The quantitative estimate of drug-likeness (QED) is 0.509. The number of hydrogen-bond acceptors (Lipinski definition) is 3. The number of benzene rings is 1. The van der Waals surface area contributed by atoms with E-state index in [-0.39, 0.29) is 18.9 Å². The van der Waals surface area contributed by atoms with Gasteiger partial charge in [-0.15, -0.1) is 0 Å². The lowest BCUT2D eigenvalue weighted by atomic mass is 10.0. The van der Waals surface area contributed by atoms with Crippen LogP contribution in [0.1, 0.15) is 42.4 Å². The third-order valence-corrected chi connectivity index (χ3v) is 3.72. The molecule has 5 nitrogen and oxygen atoms in total. The number of amides is 2. The summed E-state index contributed by atoms with van der Waals surface area (Å²) in [5.74, 6) is -1.85. The van der Waals surface area contributed by atoms with Gasteiger partial charge in [-0.1, -0.05) is 0 Å². The van der Waals surface area contributed by atoms with Crippen LogP contribution in [0.15, 0.2) is 18.2 Å². The minimum Gasteiger partial charge on any atom is -0.368 e. The van der Waals surface area contributed by atoms with Crippen molar-refractivity contribution in [2.75, 3.05) is 0 Å². The molecule has 0 saturated carbocycles. The molecule has 0 unspecified atom stereocenters. The lowest BCUT2D eigenvalue weighted by Gasteiger charge is -2.17. The standard InChI is InChI=1S/C17H17F6N3O2/c18-16(19,20)11-6-10(7-12(9-11)17(21,22)23)8-14(27)26-13(15(25)28)4-2-1-3-5-24/h6-7,9,13H,1-4,8H2,(H2,25,28)(H,26,27)/t13-/m1/s1. The number of unbranched alkanes of at least 4 members (excludes halogenated alkanes) is 2. The van der Waals surface area contributed by atoms with Gasteiger partial charge in [-0.3, -0.25) is 9.59 Å². The zero-order chi connectivity index (χ0) is 21.5. The molecule has 3 N–H and O–H groups in total. The molecular weight excluding hydrogens is 392 g/mol. The smallest absolute Gasteiger partial charge is 0.368 e. The molecule has 28 heavy (non-hydrogen) atoms. The summed E-state index contributed by atoms with van der Waals surface area (Å²) in [4.78, 5) is 23.4. The number of rotatable bonds is 8. The maximum Gasteiger partial charge on any atom is 0.416 e. The number of halogens is 6. The molecule has 1 aromatic carbocycles. The number of carbonyl (C=O) groups excluding carboxylic acids is 2. The Morgan fingerprint density at radius 3 is 2.00 bits per heavy atom. The predicted molar refractivity (Wildman–Crippen MR) is 85.4 cm³/mol. The van der Waals surface area contributed by atoms with Gasteiger partial charge in [0.1, 0.15) is 6.04 Å². The Kier molecular flexibility index (Phi) is 7.84. The molecule has 2 amide bonds. The molecule has 0 aliphatic carbocycles. The van der Waals surface area contributed by atoms with Crippen molar-refractivity contribution in [2.45, 2.75) is 50.5 Å². The van der Waals surface area contributed by atoms with Gasteiger partial charge in [0.25, 0.3) is 0 Å². The number of alkyl halides is 6. The Hall–Kier alpha value is -2.77. The molecule has 0 fully saturated rings. The third kappa shape index (κ3) is 7.46. The summed E-state index contributed by atoms with van der Waals surface area (Å²) >= 11 is 0. The Morgan fingerprint density at radius 1 is 1.04 bits per heavy atom. The van der Waals surface area contributed by atoms with Gasteiger partial charge < -0.3 is 11.1 Å². The first kappa shape index (κ1) is 23.3. The summed E-state index contributed by atoms with van der Waals surface area (Å²) in [7, 11) is 0. The van der Waals surface area contributed by atoms with E-state index in [4.69, 9.17) is 11.0 Å². The van der Waals surface area contributed by atoms with Crippen molar-refractivity contribution in [3.05, 3.63) is 34.9 Å². The van der Waals surface area contributed by atoms with Crippen molar-refractivity contribution in [3.8, 4) is 6.07 Å². The fraction of sp³-hybridized carbons (Fsp3) is 0.471. The molecule has 0 aliphatic heterocycles. The van der Waals surface area contributed by atoms with E-state index in [1.807, 2.05) is 6.07 Å². The topological polar surface area (TPSA) is 96.0 Å². The zero-order valence-electron chi connectivity index (χ0n) is 14.5. The zero-order valence-corrected chi connectivity index (χ0v) is 14.5. The molecule has 0 aromatic heterocycles. The second-order valence-electron chi connectivity index (χ2n) is 6.02. The monoisotopic (exact) mass is 409 g/mol. The summed E-state index contributed by atoms with van der Waals surface area (Å²) < 4.78 is 77.0. The van der Waals surface area contributed by atoms with E-state index < -0.39 is 53.3 Å². The number of nitrogens with two attached hydrogens (primary N) is 1. The predicted octanol–water partition coefficient (Wildman–Crippen LogP) is 3.32. The molecule has 1 atom stereocenters. The largest absolute Gasteiger partial charge is 0.416 e. The van der Waals surface area contributed by atoms with Gasteiger partial charge in [0, 0.05) is 6.42 Å². The molecule has 154 valence electrons. The molecule has 0 bridgehead atoms. The van der Waals surface area contributed by atoms with E-state index in [0.717, 1.165) is 0 Å². The summed E-state index contributed by atoms with van der Waals surface area (Å²) in [6.45, 7) is 0. The maximum atomic E-state index is 12.8. The van der Waals surface area contributed by atoms with Gasteiger partial charge in [0.05, 0.1) is 23.6 Å². The first-order valence-corrected chi connectivity index (χ1v) is 8.08. The lowest BCUT2D eigenvalue weighted by Crippen LogP contribution is -2.45. The van der Waals surface area contributed by atoms with Crippen LogP contribution in [-0.2, 0) is 28.4 Å². The fourth-order valence-electron chi connectivity index (χ4n) is 2.39. The van der Waals surface area contributed by atoms with Crippen molar-refractivity contribution in [2.24, 2.45) is 5.73 Å². The number of hydrogen-bond donors (Lipinski definition) is 2. The average molecular weight is 409 g/mol. The van der Waals surface area contributed by atoms with Crippen molar-refractivity contribution in [1.82, 2.24) is 5.32 Å². The Labute approximate surface area is 156 Å². The van der Waals surface area contributed by atoms with Crippen molar-refractivity contribution >= 4 is 11.8 Å². The molecule has 1 rings (SSSR count). The van der Waals surface area contributed by atoms with E-state index >= 15 is 0 Å². The molecule has 0 saturated heterocycles. The van der Waals surface area contributed by atoms with Crippen LogP contribution in [0.2, 0.25) is 0 Å². The average Bonchev–Trinajstić information content (AvgIpc) is 2.55. The number of carbonyl (C=O) groups is 2. The van der Waals surface area contributed by atoms with E-state index in [1.165, 1.54) is 0 Å². The molecule has 0 spiro atoms. The normalized spacial score (nSPS) is 12.9. The summed E-state index contributed by atoms with van der Waals surface area (Å²) in [5.41, 5.74) is 1.56. The van der Waals surface area contributed by atoms with Crippen LogP contribution in [0.25, 0.3) is 0 Å². The van der Waals surface area contributed by atoms with E-state index in [9.17, 15) is 35.9 Å². The van der Waals surface area contributed by atoms with Gasteiger partial charge in [0.15, 0.2) is 0 Å². The maximum absolute atomic E-state index is 12.8. The van der Waals surface area contributed by atoms with Gasteiger partial charge in [-0.2, -0.15) is 31.6 Å². The molecule has 0 heterocycles. The molecular formula is C17H17F6N3O2. The van der Waals surface area contributed by atoms with Crippen molar-refractivity contribution in [1.29, 1.82) is 5.26 Å². The fourth-order valence-corrected chi connectivity index (χ4v) is 2.39. The summed E-state index contributed by atoms with van der Waals surface area (Å²) in [5, 5.41) is 10.6. The molecule has 11 heteroatoms. The highest BCUT2D eigenvalue weighted by Crippen LogP contribution is 2.36. The first-order chi connectivity index (χ1) is 12.8.